The van der Waals surface area contributed by atoms with E-state index in [0.29, 0.717) is 23.5 Å². The smallest absolute Gasteiger partial charge is 0.294 e. The van der Waals surface area contributed by atoms with Crippen LogP contribution in [0.25, 0.3) is 6.08 Å². The SMILES string of the molecule is C#CCN1C(=O)S/C(=C/c2cc(Cl)c(OCc3cccc(C(=O)[O-])c3)c(OCC)c2)C1=O. The van der Waals surface area contributed by atoms with Crippen LogP contribution in [0.5, 0.6) is 11.5 Å². The minimum absolute atomic E-state index is 0.0383. The Balaban J connectivity index is 1.86. The van der Waals surface area contributed by atoms with Gasteiger partial charge in [0.2, 0.25) is 0 Å². The molecule has 0 saturated carbocycles. The fourth-order valence-corrected chi connectivity index (χ4v) is 4.01. The van der Waals surface area contributed by atoms with Crippen molar-refractivity contribution in [3.05, 3.63) is 63.0 Å². The normalized spacial score (nSPS) is 14.5. The number of carbonyl (C=O) groups excluding carboxylic acids is 3. The van der Waals surface area contributed by atoms with Crippen molar-refractivity contribution in [2.24, 2.45) is 0 Å². The topological polar surface area (TPSA) is 96.0 Å². The molecule has 1 aliphatic rings. The second-order valence-corrected chi connectivity index (χ2v) is 7.91. The van der Waals surface area contributed by atoms with E-state index in [4.69, 9.17) is 27.5 Å². The highest BCUT2D eigenvalue weighted by Gasteiger charge is 2.34. The molecule has 0 atom stereocenters. The molecule has 0 N–H and O–H groups in total. The minimum Gasteiger partial charge on any atom is -0.545 e. The first kappa shape index (κ1) is 23.3. The van der Waals surface area contributed by atoms with Gasteiger partial charge in [0.15, 0.2) is 11.5 Å². The van der Waals surface area contributed by atoms with Crippen molar-refractivity contribution in [3.8, 4) is 23.8 Å². The Morgan fingerprint density at radius 1 is 1.28 bits per heavy atom. The van der Waals surface area contributed by atoms with E-state index in [1.165, 1.54) is 18.2 Å². The Hall–Kier alpha value is -3.41. The number of amides is 2. The first-order valence-corrected chi connectivity index (χ1v) is 10.6. The van der Waals surface area contributed by atoms with E-state index in [-0.39, 0.29) is 34.4 Å². The summed E-state index contributed by atoms with van der Waals surface area (Å²) in [4.78, 5) is 36.6. The fraction of sp³-hybridized carbons (Fsp3) is 0.174. The van der Waals surface area contributed by atoms with E-state index >= 15 is 0 Å². The van der Waals surface area contributed by atoms with Crippen LogP contribution in [-0.2, 0) is 11.4 Å². The Morgan fingerprint density at radius 3 is 2.75 bits per heavy atom. The number of aromatic carboxylic acids is 1. The number of thioether (sulfide) groups is 1. The summed E-state index contributed by atoms with van der Waals surface area (Å²) in [6.45, 7) is 2.07. The molecule has 0 aliphatic carbocycles. The third-order valence-corrected chi connectivity index (χ3v) is 5.49. The molecule has 1 heterocycles. The van der Waals surface area contributed by atoms with E-state index in [1.54, 1.807) is 31.2 Å². The lowest BCUT2D eigenvalue weighted by molar-refractivity contribution is -0.255. The van der Waals surface area contributed by atoms with Crippen LogP contribution in [-0.4, -0.2) is 35.2 Å². The predicted molar refractivity (Wildman–Crippen MR) is 119 cm³/mol. The number of hydrogen-bond donors (Lipinski definition) is 0. The fourth-order valence-electron chi connectivity index (χ4n) is 2.90. The molecule has 2 amide bonds. The van der Waals surface area contributed by atoms with Gasteiger partial charge in [-0.15, -0.1) is 6.42 Å². The summed E-state index contributed by atoms with van der Waals surface area (Å²) in [6.07, 6.45) is 6.74. The molecule has 9 heteroatoms. The molecular formula is C23H17ClNO6S-. The second kappa shape index (κ2) is 10.3. The number of carboxylic acids is 1. The summed E-state index contributed by atoms with van der Waals surface area (Å²) in [7, 11) is 0. The van der Waals surface area contributed by atoms with Gasteiger partial charge in [-0.3, -0.25) is 14.5 Å². The van der Waals surface area contributed by atoms with E-state index < -0.39 is 17.1 Å². The molecule has 0 spiro atoms. The van der Waals surface area contributed by atoms with Crippen molar-refractivity contribution in [2.75, 3.05) is 13.2 Å². The highest BCUT2D eigenvalue weighted by atomic mass is 35.5. The number of ether oxygens (including phenoxy) is 2. The Labute approximate surface area is 193 Å². The lowest BCUT2D eigenvalue weighted by Gasteiger charge is -2.15. The number of imide groups is 1. The van der Waals surface area contributed by atoms with Crippen molar-refractivity contribution >= 4 is 46.6 Å². The van der Waals surface area contributed by atoms with Crippen LogP contribution >= 0.6 is 23.4 Å². The monoisotopic (exact) mass is 470 g/mol. The van der Waals surface area contributed by atoms with Gasteiger partial charge in [0, 0.05) is 0 Å². The average molecular weight is 471 g/mol. The van der Waals surface area contributed by atoms with E-state index in [1.807, 2.05) is 0 Å². The van der Waals surface area contributed by atoms with E-state index in [0.717, 1.165) is 16.7 Å². The molecule has 0 aromatic heterocycles. The molecule has 0 unspecified atom stereocenters. The summed E-state index contributed by atoms with van der Waals surface area (Å²) in [5.41, 5.74) is 1.18. The molecule has 2 aromatic rings. The third-order valence-electron chi connectivity index (χ3n) is 4.30. The van der Waals surface area contributed by atoms with Crippen molar-refractivity contribution < 1.29 is 29.0 Å². The summed E-state index contributed by atoms with van der Waals surface area (Å²) in [5.74, 6) is 1.14. The number of benzene rings is 2. The molecule has 1 aliphatic heterocycles. The molecule has 32 heavy (non-hydrogen) atoms. The predicted octanol–water partition coefficient (Wildman–Crippen LogP) is 3.35. The summed E-state index contributed by atoms with van der Waals surface area (Å²) in [6, 6.07) is 9.39. The maximum Gasteiger partial charge on any atom is 0.294 e. The zero-order chi connectivity index (χ0) is 23.3. The van der Waals surface area contributed by atoms with Crippen LogP contribution in [0.3, 0.4) is 0 Å². The third kappa shape index (κ3) is 5.25. The number of carboxylic acid groups (broad SMARTS) is 1. The molecule has 0 bridgehead atoms. The van der Waals surface area contributed by atoms with Crippen LogP contribution in [0, 0.1) is 12.3 Å². The van der Waals surface area contributed by atoms with Crippen LogP contribution in [0.1, 0.15) is 28.4 Å². The molecule has 1 fully saturated rings. The largest absolute Gasteiger partial charge is 0.545 e. The van der Waals surface area contributed by atoms with Gasteiger partial charge in [0.1, 0.15) is 6.61 Å². The van der Waals surface area contributed by atoms with Gasteiger partial charge >= 0.3 is 0 Å². The maximum atomic E-state index is 12.4. The van der Waals surface area contributed by atoms with Gasteiger partial charge < -0.3 is 19.4 Å². The summed E-state index contributed by atoms with van der Waals surface area (Å²) >= 11 is 7.20. The van der Waals surface area contributed by atoms with Crippen LogP contribution in [0.4, 0.5) is 4.79 Å². The second-order valence-electron chi connectivity index (χ2n) is 6.51. The van der Waals surface area contributed by atoms with Gasteiger partial charge in [0.05, 0.1) is 29.0 Å². The highest BCUT2D eigenvalue weighted by molar-refractivity contribution is 8.18. The van der Waals surface area contributed by atoms with Crippen LogP contribution < -0.4 is 14.6 Å². The molecule has 164 valence electrons. The van der Waals surface area contributed by atoms with Crippen molar-refractivity contribution in [3.63, 3.8) is 0 Å². The van der Waals surface area contributed by atoms with Gasteiger partial charge in [-0.2, -0.15) is 0 Å². The van der Waals surface area contributed by atoms with Gasteiger partial charge in [-0.05, 0) is 59.7 Å². The molecule has 7 nitrogen and oxygen atoms in total. The average Bonchev–Trinajstić information content (AvgIpc) is 3.01. The van der Waals surface area contributed by atoms with Crippen molar-refractivity contribution in [1.29, 1.82) is 0 Å². The lowest BCUT2D eigenvalue weighted by atomic mass is 10.1. The standard InChI is InChI=1S/C23H18ClNO6S/c1-3-8-25-21(26)19(32-23(25)29)12-15-10-17(24)20(18(11-15)30-4-2)31-13-14-6-5-7-16(9-14)22(27)28/h1,5-7,9-12H,4,8,13H2,2H3,(H,27,28)/p-1/b19-12+. The van der Waals surface area contributed by atoms with E-state index in [9.17, 15) is 19.5 Å². The van der Waals surface area contributed by atoms with Gasteiger partial charge in [0.25, 0.3) is 11.1 Å². The molecule has 2 aromatic carbocycles. The number of hydrogen-bond acceptors (Lipinski definition) is 7. The molecule has 1 saturated heterocycles. The van der Waals surface area contributed by atoms with Crippen molar-refractivity contribution in [1.82, 2.24) is 4.90 Å². The number of terminal acetylenes is 1. The summed E-state index contributed by atoms with van der Waals surface area (Å²) < 4.78 is 11.4. The Kier molecular flexibility index (Phi) is 7.46. The summed E-state index contributed by atoms with van der Waals surface area (Å²) in [5, 5.41) is 10.8. The van der Waals surface area contributed by atoms with Crippen LogP contribution in [0.15, 0.2) is 41.3 Å². The number of halogens is 1. The first-order valence-electron chi connectivity index (χ1n) is 9.42. The van der Waals surface area contributed by atoms with Gasteiger partial charge in [-0.25, -0.2) is 0 Å². The number of rotatable bonds is 8. The lowest BCUT2D eigenvalue weighted by Crippen LogP contribution is -2.28. The molecule has 3 rings (SSSR count). The van der Waals surface area contributed by atoms with Crippen molar-refractivity contribution in [2.45, 2.75) is 13.5 Å². The Morgan fingerprint density at radius 2 is 2.06 bits per heavy atom. The number of carbonyl (C=O) groups is 3. The van der Waals surface area contributed by atoms with Gasteiger partial charge in [-0.1, -0.05) is 35.7 Å². The quantitative estimate of drug-likeness (QED) is 0.431. The minimum atomic E-state index is -1.28. The zero-order valence-electron chi connectivity index (χ0n) is 16.9. The maximum absolute atomic E-state index is 12.4. The highest BCUT2D eigenvalue weighted by Crippen LogP contribution is 2.39. The molecule has 0 radical (unpaired) electrons. The first-order chi connectivity index (χ1) is 15.3. The number of nitrogens with zero attached hydrogens (tertiary/aromatic N) is 1. The molecular weight excluding hydrogens is 454 g/mol. The van der Waals surface area contributed by atoms with Crippen LogP contribution in [0.2, 0.25) is 5.02 Å². The van der Waals surface area contributed by atoms with E-state index in [2.05, 4.69) is 5.92 Å². The Bertz CT molecular complexity index is 1150. The zero-order valence-corrected chi connectivity index (χ0v) is 18.5.